The third kappa shape index (κ3) is 4.63. The summed E-state index contributed by atoms with van der Waals surface area (Å²) in [4.78, 5) is 25.3. The fraction of sp³-hybridized carbons (Fsp3) is 0.294. The van der Waals surface area contributed by atoms with Gasteiger partial charge in [-0.1, -0.05) is 17.5 Å². The maximum absolute atomic E-state index is 12.0. The van der Waals surface area contributed by atoms with E-state index in [1.54, 1.807) is 24.3 Å². The number of ether oxygens (including phenoxy) is 1. The van der Waals surface area contributed by atoms with E-state index in [2.05, 4.69) is 5.92 Å². The monoisotopic (exact) mass is 458 g/mol. The summed E-state index contributed by atoms with van der Waals surface area (Å²) >= 11 is 11.0. The Morgan fingerprint density at radius 1 is 1.38 bits per heavy atom. The van der Waals surface area contributed by atoms with Crippen LogP contribution in [0.5, 0.6) is 5.75 Å². The molecule has 1 aromatic heterocycles. The van der Waals surface area contributed by atoms with Gasteiger partial charge in [0, 0.05) is 17.3 Å². The van der Waals surface area contributed by atoms with Crippen LogP contribution in [0.15, 0.2) is 46.1 Å². The van der Waals surface area contributed by atoms with Crippen molar-refractivity contribution in [3.63, 3.8) is 0 Å². The number of aliphatic hydroxyl groups excluding tert-OH is 1. The highest BCUT2D eigenvalue weighted by Crippen LogP contribution is 2.39. The largest absolute Gasteiger partial charge is 0.446 e. The molecule has 1 saturated heterocycles. The Bertz CT molecular complexity index is 1070. The molecule has 1 aliphatic rings. The van der Waals surface area contributed by atoms with E-state index < -0.39 is 42.4 Å². The normalized spacial score (nSPS) is 27.3. The van der Waals surface area contributed by atoms with Crippen LogP contribution in [0.2, 0.25) is 5.02 Å². The van der Waals surface area contributed by atoms with Crippen LogP contribution in [-0.2, 0) is 21.1 Å². The molecule has 0 saturated carbocycles. The minimum atomic E-state index is -2.23. The number of nitrogens with zero attached hydrogens (tertiary/aromatic N) is 1. The molecular weight excluding hydrogens is 443 g/mol. The Morgan fingerprint density at radius 2 is 2.07 bits per heavy atom. The minimum absolute atomic E-state index is 0.245. The first-order chi connectivity index (χ1) is 13.7. The van der Waals surface area contributed by atoms with E-state index in [0.29, 0.717) is 10.8 Å². The molecule has 0 aliphatic carbocycles. The van der Waals surface area contributed by atoms with E-state index in [-0.39, 0.29) is 6.61 Å². The predicted octanol–water partition coefficient (Wildman–Crippen LogP) is 0.414. The fourth-order valence-corrected chi connectivity index (χ4v) is 4.03. The number of hydrogen-bond acceptors (Lipinski definition) is 8. The van der Waals surface area contributed by atoms with E-state index >= 15 is 0 Å². The molecule has 0 amide bonds. The number of benzene rings is 1. The van der Waals surface area contributed by atoms with Crippen molar-refractivity contribution in [1.29, 1.82) is 0 Å². The number of hydrogen-bond donors (Lipinski definition) is 3. The van der Waals surface area contributed by atoms with Crippen molar-refractivity contribution < 1.29 is 24.0 Å². The Hall–Kier alpha value is -1.96. The van der Waals surface area contributed by atoms with Crippen LogP contribution >= 0.6 is 18.8 Å². The number of aromatic amines is 1. The van der Waals surface area contributed by atoms with Gasteiger partial charge in [0.1, 0.15) is 18.0 Å². The van der Waals surface area contributed by atoms with Gasteiger partial charge in [-0.3, -0.25) is 14.3 Å². The number of H-pyrrole nitrogens is 1. The first-order valence-corrected chi connectivity index (χ1v) is 11.0. The van der Waals surface area contributed by atoms with Crippen molar-refractivity contribution in [1.82, 2.24) is 9.55 Å². The summed E-state index contributed by atoms with van der Waals surface area (Å²) in [5, 5.41) is 21.7. The van der Waals surface area contributed by atoms with Crippen LogP contribution in [0.1, 0.15) is 6.23 Å². The lowest BCUT2D eigenvalue weighted by Crippen LogP contribution is -2.48. The van der Waals surface area contributed by atoms with Crippen LogP contribution in [-0.4, -0.2) is 44.2 Å². The molecule has 1 unspecified atom stereocenters. The predicted molar refractivity (Wildman–Crippen MR) is 109 cm³/mol. The van der Waals surface area contributed by atoms with Gasteiger partial charge in [-0.15, -0.1) is 6.42 Å². The van der Waals surface area contributed by atoms with E-state index in [1.165, 1.54) is 0 Å². The van der Waals surface area contributed by atoms with Crippen molar-refractivity contribution in [2.75, 3.05) is 6.61 Å². The molecule has 29 heavy (non-hydrogen) atoms. The lowest BCUT2D eigenvalue weighted by Gasteiger charge is -2.26. The standard InChI is InChI=1S/C17H16ClN2O7PS/c1-2-17(24)14(22)12(26-15(17)20-8-7-13(21)19-16(20)23)9-25-28(29)27-11-5-3-10(18)4-6-11/h1,3-8,12,14-15,22,24,28H,9H2,(H,19,21,23)/t12-,14-,15-,17-/m1/s1. The lowest BCUT2D eigenvalue weighted by atomic mass is 9.95. The molecule has 1 aliphatic heterocycles. The first kappa shape index (κ1) is 21.7. The summed E-state index contributed by atoms with van der Waals surface area (Å²) in [5.74, 6) is 2.52. The molecule has 0 spiro atoms. The molecule has 0 bridgehead atoms. The van der Waals surface area contributed by atoms with Crippen molar-refractivity contribution in [2.45, 2.75) is 24.0 Å². The summed E-state index contributed by atoms with van der Waals surface area (Å²) in [7, 11) is -2.20. The third-order valence-electron chi connectivity index (χ3n) is 4.20. The third-order valence-corrected chi connectivity index (χ3v) is 5.86. The highest BCUT2D eigenvalue weighted by molar-refractivity contribution is 8.00. The summed E-state index contributed by atoms with van der Waals surface area (Å²) in [6.45, 7) is -0.245. The molecule has 3 N–H and O–H groups in total. The van der Waals surface area contributed by atoms with Crippen LogP contribution in [0.4, 0.5) is 0 Å². The van der Waals surface area contributed by atoms with Gasteiger partial charge in [0.15, 0.2) is 11.8 Å². The number of aromatic nitrogens is 2. The van der Waals surface area contributed by atoms with Gasteiger partial charge >= 0.3 is 5.69 Å². The smallest absolute Gasteiger partial charge is 0.330 e. The van der Waals surface area contributed by atoms with Crippen molar-refractivity contribution >= 4 is 30.6 Å². The second-order valence-corrected chi connectivity index (χ2v) is 8.51. The SMILES string of the molecule is C#C[C@@]1(O)[C@H](O)[C@@H](CO[PH](=S)Oc2ccc(Cl)cc2)O[C@H]1n1ccc(=O)[nH]c1=O. The molecule has 2 heterocycles. The van der Waals surface area contributed by atoms with Gasteiger partial charge in [0.2, 0.25) is 7.15 Å². The molecule has 5 atom stereocenters. The molecule has 154 valence electrons. The van der Waals surface area contributed by atoms with Gasteiger partial charge < -0.3 is 24.0 Å². The second-order valence-electron chi connectivity index (χ2n) is 6.08. The second kappa shape index (κ2) is 8.81. The van der Waals surface area contributed by atoms with Crippen LogP contribution < -0.4 is 15.8 Å². The summed E-state index contributed by atoms with van der Waals surface area (Å²) in [6.07, 6.45) is 2.36. The minimum Gasteiger partial charge on any atom is -0.446 e. The number of rotatable bonds is 6. The van der Waals surface area contributed by atoms with Crippen molar-refractivity contribution in [3.8, 4) is 18.1 Å². The quantitative estimate of drug-likeness (QED) is 0.420. The van der Waals surface area contributed by atoms with Gasteiger partial charge in [-0.2, -0.15) is 0 Å². The molecule has 2 aromatic rings. The zero-order valence-corrected chi connectivity index (χ0v) is 17.2. The van der Waals surface area contributed by atoms with Gasteiger partial charge in [-0.25, -0.2) is 4.79 Å². The summed E-state index contributed by atoms with van der Waals surface area (Å²) in [6, 6.07) is 7.57. The lowest BCUT2D eigenvalue weighted by molar-refractivity contribution is -0.0752. The van der Waals surface area contributed by atoms with Crippen LogP contribution in [0.25, 0.3) is 0 Å². The van der Waals surface area contributed by atoms with Gasteiger partial charge in [0.05, 0.1) is 6.61 Å². The molecular formula is C17H16ClN2O7PS. The molecule has 1 aromatic carbocycles. The van der Waals surface area contributed by atoms with E-state index in [0.717, 1.165) is 16.8 Å². The Morgan fingerprint density at radius 3 is 2.69 bits per heavy atom. The molecule has 3 rings (SSSR count). The fourth-order valence-electron chi connectivity index (χ4n) is 2.73. The van der Waals surface area contributed by atoms with Gasteiger partial charge in [0.25, 0.3) is 5.56 Å². The topological polar surface area (TPSA) is 123 Å². The highest BCUT2D eigenvalue weighted by Gasteiger charge is 2.56. The number of terminal acetylenes is 1. The Kier molecular flexibility index (Phi) is 6.61. The molecule has 1 fully saturated rings. The summed E-state index contributed by atoms with van der Waals surface area (Å²) < 4.78 is 17.4. The average Bonchev–Trinajstić information content (AvgIpc) is 2.93. The van der Waals surface area contributed by atoms with Crippen molar-refractivity contribution in [3.05, 3.63) is 62.4 Å². The number of nitrogens with one attached hydrogen (secondary N) is 1. The van der Waals surface area contributed by atoms with E-state index in [1.807, 2.05) is 4.98 Å². The van der Waals surface area contributed by atoms with Crippen LogP contribution in [0.3, 0.4) is 0 Å². The first-order valence-electron chi connectivity index (χ1n) is 8.20. The van der Waals surface area contributed by atoms with Crippen molar-refractivity contribution in [2.24, 2.45) is 0 Å². The molecule has 12 heteroatoms. The zero-order valence-electron chi connectivity index (χ0n) is 14.6. The zero-order chi connectivity index (χ0) is 21.2. The molecule has 0 radical (unpaired) electrons. The Balaban J connectivity index is 1.71. The van der Waals surface area contributed by atoms with Gasteiger partial charge in [-0.05, 0) is 36.1 Å². The van der Waals surface area contributed by atoms with E-state index in [4.69, 9.17) is 43.6 Å². The van der Waals surface area contributed by atoms with E-state index in [9.17, 15) is 19.8 Å². The highest BCUT2D eigenvalue weighted by atomic mass is 35.5. The summed E-state index contributed by atoms with van der Waals surface area (Å²) in [5.41, 5.74) is -3.72. The Labute approximate surface area is 175 Å². The number of aliphatic hydroxyl groups is 2. The van der Waals surface area contributed by atoms with Crippen LogP contribution in [0, 0.1) is 12.3 Å². The number of halogens is 1. The maximum Gasteiger partial charge on any atom is 0.330 e. The molecule has 9 nitrogen and oxygen atoms in total. The average molecular weight is 459 g/mol. The maximum atomic E-state index is 12.0.